The average Bonchev–Trinajstić information content (AvgIpc) is 3.53. The van der Waals surface area contributed by atoms with E-state index < -0.39 is 0 Å². The van der Waals surface area contributed by atoms with Crippen LogP contribution in [0.3, 0.4) is 0 Å². The highest BCUT2D eigenvalue weighted by Gasteiger charge is 2.39. The quantitative estimate of drug-likeness (QED) is 0.0783. The molecule has 0 fully saturated rings. The minimum atomic E-state index is -0.0250. The molecular formula is C43H68N2. The first-order chi connectivity index (χ1) is 22.2. The summed E-state index contributed by atoms with van der Waals surface area (Å²) in [5, 5.41) is 0. The molecule has 0 aliphatic rings. The van der Waals surface area contributed by atoms with Gasteiger partial charge in [0, 0.05) is 30.3 Å². The van der Waals surface area contributed by atoms with Gasteiger partial charge in [0.25, 0.3) is 0 Å². The largest absolute Gasteiger partial charge is 0.335 e. The molecule has 2 heteroatoms. The highest BCUT2D eigenvalue weighted by molar-refractivity contribution is 5.33. The van der Waals surface area contributed by atoms with Crippen LogP contribution in [0.25, 0.3) is 0 Å². The van der Waals surface area contributed by atoms with Crippen molar-refractivity contribution in [3.8, 4) is 0 Å². The van der Waals surface area contributed by atoms with Crippen LogP contribution in [-0.4, -0.2) is 9.55 Å². The molecule has 1 aromatic heterocycles. The Morgan fingerprint density at radius 2 is 1.04 bits per heavy atom. The zero-order valence-corrected chi connectivity index (χ0v) is 29.7. The summed E-state index contributed by atoms with van der Waals surface area (Å²) in [4.78, 5) is 5.14. The molecule has 45 heavy (non-hydrogen) atoms. The summed E-state index contributed by atoms with van der Waals surface area (Å²) in [6.45, 7) is 8.22. The second-order valence-electron chi connectivity index (χ2n) is 14.1. The summed E-state index contributed by atoms with van der Waals surface area (Å²) >= 11 is 0. The molecule has 3 aromatic rings. The van der Waals surface area contributed by atoms with Gasteiger partial charge in [-0.15, -0.1) is 0 Å². The molecule has 0 aliphatic heterocycles. The Hall–Kier alpha value is -2.35. The van der Waals surface area contributed by atoms with Crippen molar-refractivity contribution in [3.05, 3.63) is 90.0 Å². The van der Waals surface area contributed by atoms with Crippen molar-refractivity contribution >= 4 is 0 Å². The first-order valence-corrected chi connectivity index (χ1v) is 19.3. The van der Waals surface area contributed by atoms with Crippen molar-refractivity contribution in [2.75, 3.05) is 0 Å². The lowest BCUT2D eigenvalue weighted by molar-refractivity contribution is 0.321. The number of hydrogen-bond acceptors (Lipinski definition) is 1. The van der Waals surface area contributed by atoms with E-state index in [1.54, 1.807) is 0 Å². The van der Waals surface area contributed by atoms with Crippen LogP contribution in [0.4, 0.5) is 0 Å². The Kier molecular flexibility index (Phi) is 19.0. The molecule has 0 amide bonds. The Morgan fingerprint density at radius 3 is 1.58 bits per heavy atom. The molecule has 0 N–H and O–H groups in total. The first kappa shape index (κ1) is 37.1. The van der Waals surface area contributed by atoms with E-state index >= 15 is 0 Å². The van der Waals surface area contributed by atoms with Crippen LogP contribution in [0.15, 0.2) is 73.1 Å². The van der Waals surface area contributed by atoms with E-state index in [4.69, 9.17) is 4.98 Å². The SMILES string of the molecule is CCCCCCCCCCCCCCC(c1nccn1CCCCCCCCCC)C(C)(Cc1ccccc1)c1ccccc1. The maximum atomic E-state index is 5.14. The molecule has 0 spiro atoms. The van der Waals surface area contributed by atoms with Gasteiger partial charge in [-0.05, 0) is 30.4 Å². The molecular weight excluding hydrogens is 544 g/mol. The Labute approximate surface area is 278 Å². The van der Waals surface area contributed by atoms with Crippen molar-refractivity contribution in [1.82, 2.24) is 9.55 Å². The molecule has 2 atom stereocenters. The third-order valence-electron chi connectivity index (χ3n) is 10.3. The van der Waals surface area contributed by atoms with Crippen LogP contribution < -0.4 is 0 Å². The molecule has 0 aliphatic carbocycles. The van der Waals surface area contributed by atoms with Gasteiger partial charge in [0.2, 0.25) is 0 Å². The lowest BCUT2D eigenvalue weighted by Crippen LogP contribution is -2.35. The second kappa shape index (κ2) is 23.0. The van der Waals surface area contributed by atoms with Crippen LogP contribution in [0, 0.1) is 0 Å². The number of aryl methyl sites for hydroxylation is 1. The van der Waals surface area contributed by atoms with Gasteiger partial charge in [0.05, 0.1) is 0 Å². The maximum absolute atomic E-state index is 5.14. The summed E-state index contributed by atoms with van der Waals surface area (Å²) in [6, 6.07) is 22.5. The molecule has 0 saturated carbocycles. The standard InChI is InChI=1S/C43H68N2/c1-4-6-8-10-12-14-15-16-17-18-20-28-34-41(42-44-35-37-45(42)36-29-21-19-13-11-9-7-5-2)43(3,40-32-26-23-27-33-40)38-39-30-24-22-25-31-39/h22-27,30-33,35,37,41H,4-21,28-29,34,36,38H2,1-3H3. The zero-order chi connectivity index (χ0) is 31.8. The predicted octanol–water partition coefficient (Wildman–Crippen LogP) is 13.4. The van der Waals surface area contributed by atoms with E-state index in [0.717, 1.165) is 13.0 Å². The van der Waals surface area contributed by atoms with Crippen molar-refractivity contribution in [2.24, 2.45) is 0 Å². The molecule has 2 aromatic carbocycles. The maximum Gasteiger partial charge on any atom is 0.112 e. The summed E-state index contributed by atoms with van der Waals surface area (Å²) in [5.41, 5.74) is 2.84. The highest BCUT2D eigenvalue weighted by atomic mass is 15.1. The number of imidazole rings is 1. The summed E-state index contributed by atoms with van der Waals surface area (Å²) < 4.78 is 2.52. The highest BCUT2D eigenvalue weighted by Crippen LogP contribution is 2.44. The van der Waals surface area contributed by atoms with Gasteiger partial charge in [0.15, 0.2) is 0 Å². The number of benzene rings is 2. The minimum Gasteiger partial charge on any atom is -0.335 e. The number of unbranched alkanes of at least 4 members (excludes halogenated alkanes) is 18. The van der Waals surface area contributed by atoms with Gasteiger partial charge in [-0.25, -0.2) is 4.98 Å². The van der Waals surface area contributed by atoms with Crippen LogP contribution >= 0.6 is 0 Å². The molecule has 250 valence electrons. The fourth-order valence-electron chi connectivity index (χ4n) is 7.42. The second-order valence-corrected chi connectivity index (χ2v) is 14.1. The fourth-order valence-corrected chi connectivity index (χ4v) is 7.42. The van der Waals surface area contributed by atoms with E-state index in [1.807, 2.05) is 0 Å². The van der Waals surface area contributed by atoms with E-state index in [1.165, 1.54) is 152 Å². The normalized spacial score (nSPS) is 13.6. The fraction of sp³-hybridized carbons (Fsp3) is 0.651. The Bertz CT molecular complexity index is 1090. The topological polar surface area (TPSA) is 17.8 Å². The number of hydrogen-bond donors (Lipinski definition) is 0. The molecule has 0 radical (unpaired) electrons. The molecule has 1 heterocycles. The van der Waals surface area contributed by atoms with Crippen LogP contribution in [0.1, 0.15) is 178 Å². The lowest BCUT2D eigenvalue weighted by Gasteiger charge is -2.39. The van der Waals surface area contributed by atoms with Gasteiger partial charge in [-0.3, -0.25) is 0 Å². The number of rotatable bonds is 27. The molecule has 2 nitrogen and oxygen atoms in total. The summed E-state index contributed by atoms with van der Waals surface area (Å²) in [6.07, 6.45) is 34.2. The van der Waals surface area contributed by atoms with E-state index in [-0.39, 0.29) is 5.41 Å². The van der Waals surface area contributed by atoms with Crippen molar-refractivity contribution in [2.45, 2.75) is 180 Å². The van der Waals surface area contributed by atoms with Gasteiger partial charge < -0.3 is 4.57 Å². The van der Waals surface area contributed by atoms with Crippen molar-refractivity contribution in [3.63, 3.8) is 0 Å². The number of nitrogens with zero attached hydrogens (tertiary/aromatic N) is 2. The van der Waals surface area contributed by atoms with Gasteiger partial charge in [0.1, 0.15) is 5.82 Å². The zero-order valence-electron chi connectivity index (χ0n) is 29.7. The minimum absolute atomic E-state index is 0.0250. The van der Waals surface area contributed by atoms with Gasteiger partial charge in [-0.2, -0.15) is 0 Å². The van der Waals surface area contributed by atoms with E-state index in [2.05, 4.69) is 98.4 Å². The third-order valence-corrected chi connectivity index (χ3v) is 10.3. The Morgan fingerprint density at radius 1 is 0.578 bits per heavy atom. The Balaban J connectivity index is 1.65. The predicted molar refractivity (Wildman–Crippen MR) is 197 cm³/mol. The van der Waals surface area contributed by atoms with Crippen molar-refractivity contribution in [1.29, 1.82) is 0 Å². The van der Waals surface area contributed by atoms with Crippen LogP contribution in [-0.2, 0) is 18.4 Å². The molecule has 2 unspecified atom stereocenters. The molecule has 3 rings (SSSR count). The average molecular weight is 613 g/mol. The third kappa shape index (κ3) is 13.9. The van der Waals surface area contributed by atoms with Crippen LogP contribution in [0.2, 0.25) is 0 Å². The van der Waals surface area contributed by atoms with E-state index in [0.29, 0.717) is 5.92 Å². The van der Waals surface area contributed by atoms with Crippen molar-refractivity contribution < 1.29 is 0 Å². The summed E-state index contributed by atoms with van der Waals surface area (Å²) in [7, 11) is 0. The lowest BCUT2D eigenvalue weighted by atomic mass is 9.66. The van der Waals surface area contributed by atoms with E-state index in [9.17, 15) is 0 Å². The monoisotopic (exact) mass is 613 g/mol. The molecule has 0 saturated heterocycles. The molecule has 0 bridgehead atoms. The first-order valence-electron chi connectivity index (χ1n) is 19.3. The van der Waals surface area contributed by atoms with Crippen LogP contribution in [0.5, 0.6) is 0 Å². The smallest absolute Gasteiger partial charge is 0.112 e. The van der Waals surface area contributed by atoms with Gasteiger partial charge in [-0.1, -0.05) is 203 Å². The number of aromatic nitrogens is 2. The van der Waals surface area contributed by atoms with Gasteiger partial charge >= 0.3 is 0 Å². The summed E-state index contributed by atoms with van der Waals surface area (Å²) in [5.74, 6) is 1.69.